The lowest BCUT2D eigenvalue weighted by atomic mass is 10.2. The highest BCUT2D eigenvalue weighted by Crippen LogP contribution is 2.12. The molecule has 0 saturated carbocycles. The monoisotopic (exact) mass is 280 g/mol. The van der Waals surface area contributed by atoms with Crippen molar-refractivity contribution in [2.45, 2.75) is 59.2 Å². The van der Waals surface area contributed by atoms with Crippen LogP contribution in [0.3, 0.4) is 0 Å². The highest BCUT2D eigenvalue weighted by Gasteiger charge is 2.24. The van der Waals surface area contributed by atoms with Crippen molar-refractivity contribution < 1.29 is 14.3 Å². The zero-order valence-corrected chi connectivity index (χ0v) is 13.1. The van der Waals surface area contributed by atoms with Crippen molar-refractivity contribution in [3.8, 4) is 0 Å². The summed E-state index contributed by atoms with van der Waals surface area (Å²) in [5, 5.41) is 2.67. The molecule has 1 aromatic heterocycles. The summed E-state index contributed by atoms with van der Waals surface area (Å²) in [7, 11) is 0. The smallest absolute Gasteiger partial charge is 0.328 e. The van der Waals surface area contributed by atoms with E-state index in [-0.39, 0.29) is 11.9 Å². The fourth-order valence-corrected chi connectivity index (χ4v) is 1.76. The van der Waals surface area contributed by atoms with Crippen molar-refractivity contribution in [3.63, 3.8) is 0 Å². The van der Waals surface area contributed by atoms with Gasteiger partial charge < -0.3 is 14.6 Å². The molecule has 1 atom stereocenters. The van der Waals surface area contributed by atoms with Crippen molar-refractivity contribution in [1.29, 1.82) is 0 Å². The Morgan fingerprint density at radius 3 is 2.35 bits per heavy atom. The molecule has 0 saturated heterocycles. The van der Waals surface area contributed by atoms with Gasteiger partial charge in [0, 0.05) is 12.2 Å². The summed E-state index contributed by atoms with van der Waals surface area (Å²) in [6.45, 7) is 11.0. The first kappa shape index (κ1) is 16.3. The third kappa shape index (κ3) is 4.40. The first-order valence-electron chi connectivity index (χ1n) is 6.82. The summed E-state index contributed by atoms with van der Waals surface area (Å²) in [4.78, 5) is 24.0. The van der Waals surface area contributed by atoms with Crippen LogP contribution >= 0.6 is 0 Å². The van der Waals surface area contributed by atoms with E-state index in [1.807, 2.05) is 30.7 Å². The Morgan fingerprint density at radius 2 is 1.85 bits per heavy atom. The van der Waals surface area contributed by atoms with Crippen LogP contribution in [0.1, 0.15) is 58.1 Å². The zero-order chi connectivity index (χ0) is 15.5. The van der Waals surface area contributed by atoms with Crippen molar-refractivity contribution in [2.24, 2.45) is 0 Å². The van der Waals surface area contributed by atoms with Crippen molar-refractivity contribution in [2.75, 3.05) is 0 Å². The molecule has 1 heterocycles. The molecular formula is C15H24N2O3. The van der Waals surface area contributed by atoms with Gasteiger partial charge >= 0.3 is 5.97 Å². The summed E-state index contributed by atoms with van der Waals surface area (Å²) < 4.78 is 7.09. The van der Waals surface area contributed by atoms with Crippen LogP contribution in [-0.2, 0) is 9.53 Å². The third-order valence-corrected chi connectivity index (χ3v) is 2.68. The fraction of sp³-hybridized carbons (Fsp3) is 0.600. The maximum atomic E-state index is 12.2. The van der Waals surface area contributed by atoms with Crippen molar-refractivity contribution >= 4 is 11.9 Å². The Hall–Kier alpha value is -1.78. The summed E-state index contributed by atoms with van der Waals surface area (Å²) in [5.74, 6) is -0.712. The van der Waals surface area contributed by atoms with E-state index in [1.165, 1.54) is 0 Å². The molecular weight excluding hydrogens is 256 g/mol. The minimum atomic E-state index is -0.683. The Morgan fingerprint density at radius 1 is 1.25 bits per heavy atom. The van der Waals surface area contributed by atoms with Crippen LogP contribution in [-0.4, -0.2) is 28.1 Å². The number of nitrogens with zero attached hydrogens (tertiary/aromatic N) is 1. The van der Waals surface area contributed by atoms with E-state index >= 15 is 0 Å². The Bertz CT molecular complexity index is 484. The molecule has 112 valence electrons. The number of rotatable bonds is 4. The molecule has 1 N–H and O–H groups in total. The number of amides is 1. The van der Waals surface area contributed by atoms with Crippen molar-refractivity contribution in [3.05, 3.63) is 24.0 Å². The molecule has 0 aliphatic rings. The molecule has 0 aromatic carbocycles. The predicted octanol–water partition coefficient (Wildman–Crippen LogP) is 2.53. The van der Waals surface area contributed by atoms with Gasteiger partial charge in [0.2, 0.25) is 0 Å². The third-order valence-electron chi connectivity index (χ3n) is 2.68. The van der Waals surface area contributed by atoms with Gasteiger partial charge in [-0.3, -0.25) is 4.79 Å². The molecule has 5 heteroatoms. The van der Waals surface area contributed by atoms with Crippen LogP contribution in [0.2, 0.25) is 0 Å². The van der Waals surface area contributed by atoms with E-state index in [9.17, 15) is 9.59 Å². The highest BCUT2D eigenvalue weighted by molar-refractivity contribution is 5.95. The van der Waals surface area contributed by atoms with E-state index in [2.05, 4.69) is 5.32 Å². The minimum Gasteiger partial charge on any atom is -0.458 e. The second-order valence-electron chi connectivity index (χ2n) is 6.12. The maximum Gasteiger partial charge on any atom is 0.328 e. The Labute approximate surface area is 120 Å². The number of hydrogen-bond acceptors (Lipinski definition) is 3. The summed E-state index contributed by atoms with van der Waals surface area (Å²) >= 11 is 0. The molecule has 20 heavy (non-hydrogen) atoms. The Balaban J connectivity index is 2.71. The van der Waals surface area contributed by atoms with Gasteiger partial charge in [0.05, 0.1) is 0 Å². The highest BCUT2D eigenvalue weighted by atomic mass is 16.6. The molecule has 0 aliphatic carbocycles. The number of carbonyl (C=O) groups is 2. The van der Waals surface area contributed by atoms with Gasteiger partial charge in [0.1, 0.15) is 17.3 Å². The van der Waals surface area contributed by atoms with E-state index in [1.54, 1.807) is 33.8 Å². The standard InChI is InChI=1S/C15H24N2O3/c1-10(2)17-9-7-8-12(17)13(18)16-11(3)14(19)20-15(4,5)6/h7-11H,1-6H3,(H,16,18)/t11-/m1/s1. The Kier molecular flexibility index (Phi) is 4.98. The molecule has 1 aromatic rings. The lowest BCUT2D eigenvalue weighted by Crippen LogP contribution is -2.42. The SMILES string of the molecule is CC(C)n1cccc1C(=O)N[C@H](C)C(=O)OC(C)(C)C. The number of esters is 1. The lowest BCUT2D eigenvalue weighted by molar-refractivity contribution is -0.156. The quantitative estimate of drug-likeness (QED) is 0.862. The van der Waals surface area contributed by atoms with E-state index in [0.717, 1.165) is 0 Å². The second-order valence-corrected chi connectivity index (χ2v) is 6.12. The molecule has 1 rings (SSSR count). The molecule has 0 unspecified atom stereocenters. The van der Waals surface area contributed by atoms with Crippen LogP contribution in [0.5, 0.6) is 0 Å². The number of carbonyl (C=O) groups excluding carboxylic acids is 2. The summed E-state index contributed by atoms with van der Waals surface area (Å²) in [5.41, 5.74) is -0.0239. The van der Waals surface area contributed by atoms with E-state index in [4.69, 9.17) is 4.74 Å². The first-order chi connectivity index (χ1) is 9.11. The average Bonchev–Trinajstić information content (AvgIpc) is 2.75. The van der Waals surface area contributed by atoms with Crippen LogP contribution in [0.4, 0.5) is 0 Å². The number of ether oxygens (including phenoxy) is 1. The van der Waals surface area contributed by atoms with Gasteiger partial charge in [0.15, 0.2) is 0 Å². The molecule has 0 radical (unpaired) electrons. The maximum absolute atomic E-state index is 12.2. The average molecular weight is 280 g/mol. The number of nitrogens with one attached hydrogen (secondary N) is 1. The van der Waals surface area contributed by atoms with Gasteiger partial charge in [0.25, 0.3) is 5.91 Å². The predicted molar refractivity (Wildman–Crippen MR) is 77.6 cm³/mol. The molecule has 0 aliphatic heterocycles. The van der Waals surface area contributed by atoms with Crippen LogP contribution in [0.15, 0.2) is 18.3 Å². The lowest BCUT2D eigenvalue weighted by Gasteiger charge is -2.23. The zero-order valence-electron chi connectivity index (χ0n) is 13.1. The normalized spacial score (nSPS) is 13.2. The second kappa shape index (κ2) is 6.11. The van der Waals surface area contributed by atoms with Crippen LogP contribution < -0.4 is 5.32 Å². The van der Waals surface area contributed by atoms with Gasteiger partial charge in [-0.1, -0.05) is 0 Å². The summed E-state index contributed by atoms with van der Waals surface area (Å²) in [6, 6.07) is 3.05. The summed E-state index contributed by atoms with van der Waals surface area (Å²) in [6.07, 6.45) is 1.84. The molecule has 5 nitrogen and oxygen atoms in total. The molecule has 0 spiro atoms. The van der Waals surface area contributed by atoms with Crippen LogP contribution in [0.25, 0.3) is 0 Å². The first-order valence-corrected chi connectivity index (χ1v) is 6.82. The molecule has 1 amide bonds. The number of hydrogen-bond donors (Lipinski definition) is 1. The van der Waals surface area contributed by atoms with Gasteiger partial charge in [-0.05, 0) is 53.7 Å². The topological polar surface area (TPSA) is 60.3 Å². The minimum absolute atomic E-state index is 0.183. The molecule has 0 bridgehead atoms. The van der Waals surface area contributed by atoms with Gasteiger partial charge in [-0.15, -0.1) is 0 Å². The van der Waals surface area contributed by atoms with Gasteiger partial charge in [-0.25, -0.2) is 4.79 Å². The van der Waals surface area contributed by atoms with E-state index in [0.29, 0.717) is 5.69 Å². The largest absolute Gasteiger partial charge is 0.458 e. The van der Waals surface area contributed by atoms with Crippen LogP contribution in [0, 0.1) is 0 Å². The van der Waals surface area contributed by atoms with Crippen molar-refractivity contribution in [1.82, 2.24) is 9.88 Å². The fourth-order valence-electron chi connectivity index (χ4n) is 1.76. The van der Waals surface area contributed by atoms with Gasteiger partial charge in [-0.2, -0.15) is 0 Å². The molecule has 0 fully saturated rings. The van der Waals surface area contributed by atoms with E-state index < -0.39 is 17.6 Å². The number of aromatic nitrogens is 1.